The summed E-state index contributed by atoms with van der Waals surface area (Å²) in [7, 11) is 0. The molecule has 0 aliphatic carbocycles. The number of aromatic nitrogens is 2. The largest absolute Gasteiger partial charge is 0.491 e. The number of thiophene rings is 1. The lowest BCUT2D eigenvalue weighted by Gasteiger charge is -2.22. The maximum Gasteiger partial charge on any atom is 0.415 e. The molecule has 3 aromatic rings. The predicted molar refractivity (Wildman–Crippen MR) is 118 cm³/mol. The third-order valence-corrected chi connectivity index (χ3v) is 6.58. The van der Waals surface area contributed by atoms with Crippen molar-refractivity contribution in [3.8, 4) is 11.4 Å². The summed E-state index contributed by atoms with van der Waals surface area (Å²) < 4.78 is 13.4. The quantitative estimate of drug-likeness (QED) is 0.626. The Morgan fingerprint density at radius 1 is 1.28 bits per heavy atom. The van der Waals surface area contributed by atoms with E-state index in [9.17, 15) is 14.4 Å². The van der Waals surface area contributed by atoms with E-state index >= 15 is 0 Å². The average Bonchev–Trinajstić information content (AvgIpc) is 3.29. The molecule has 0 unspecified atom stereocenters. The minimum absolute atomic E-state index is 0.168. The van der Waals surface area contributed by atoms with Gasteiger partial charge in [0.25, 0.3) is 11.5 Å². The van der Waals surface area contributed by atoms with E-state index in [4.69, 9.17) is 21.1 Å². The summed E-state index contributed by atoms with van der Waals surface area (Å²) in [6.07, 6.45) is 3.80. The number of cyclic esters (lactones) is 1. The Labute approximate surface area is 191 Å². The van der Waals surface area contributed by atoms with Gasteiger partial charge in [-0.2, -0.15) is 0 Å². The molecule has 0 bridgehead atoms. The van der Waals surface area contributed by atoms with E-state index in [1.807, 2.05) is 0 Å². The lowest BCUT2D eigenvalue weighted by Crippen LogP contribution is -2.42. The van der Waals surface area contributed by atoms with Gasteiger partial charge in [0.1, 0.15) is 11.9 Å². The molecule has 1 saturated heterocycles. The van der Waals surface area contributed by atoms with Crippen LogP contribution < -0.4 is 20.5 Å². The molecule has 2 amide bonds. The van der Waals surface area contributed by atoms with Gasteiger partial charge in [-0.05, 0) is 24.3 Å². The van der Waals surface area contributed by atoms with E-state index in [-0.39, 0.29) is 24.1 Å². The molecule has 2 aliphatic heterocycles. The van der Waals surface area contributed by atoms with E-state index in [1.165, 1.54) is 28.3 Å². The second-order valence-corrected chi connectivity index (χ2v) is 8.96. The first-order chi connectivity index (χ1) is 15.5. The highest BCUT2D eigenvalue weighted by atomic mass is 35.5. The number of carbonyl (C=O) groups is 2. The molecular weight excluding hydrogens is 456 g/mol. The number of ether oxygens (including phenoxy) is 2. The second-order valence-electron chi connectivity index (χ2n) is 7.25. The Hall–Kier alpha value is -3.37. The summed E-state index contributed by atoms with van der Waals surface area (Å²) in [6.45, 7) is 0.519. The van der Waals surface area contributed by atoms with Crippen molar-refractivity contribution >= 4 is 40.6 Å². The lowest BCUT2D eigenvalue weighted by molar-refractivity contribution is 0.0901. The van der Waals surface area contributed by atoms with Gasteiger partial charge < -0.3 is 14.8 Å². The molecule has 0 spiro atoms. The van der Waals surface area contributed by atoms with Crippen LogP contribution in [0.5, 0.6) is 5.75 Å². The molecule has 1 N–H and O–H groups in total. The van der Waals surface area contributed by atoms with Gasteiger partial charge >= 0.3 is 6.09 Å². The number of amides is 2. The Balaban J connectivity index is 1.37. The number of hydrogen-bond donors (Lipinski definition) is 1. The van der Waals surface area contributed by atoms with Gasteiger partial charge in [0, 0.05) is 24.9 Å². The van der Waals surface area contributed by atoms with Gasteiger partial charge in [-0.25, -0.2) is 4.79 Å². The van der Waals surface area contributed by atoms with Gasteiger partial charge in [-0.1, -0.05) is 11.6 Å². The summed E-state index contributed by atoms with van der Waals surface area (Å²) in [4.78, 5) is 43.0. The molecule has 0 saturated carbocycles. The van der Waals surface area contributed by atoms with Crippen molar-refractivity contribution < 1.29 is 19.1 Å². The van der Waals surface area contributed by atoms with Crippen LogP contribution in [0, 0.1) is 0 Å². The van der Waals surface area contributed by atoms with Crippen molar-refractivity contribution in [2.24, 2.45) is 0 Å². The summed E-state index contributed by atoms with van der Waals surface area (Å²) in [5.41, 5.74) is 0.880. The highest BCUT2D eigenvalue weighted by Crippen LogP contribution is 2.39. The normalized spacial score (nSPS) is 19.4. The molecule has 9 nitrogen and oxygen atoms in total. The number of nitrogens with zero attached hydrogens (tertiary/aromatic N) is 3. The first-order valence-electron chi connectivity index (χ1n) is 9.84. The third-order valence-electron chi connectivity index (χ3n) is 5.35. The molecule has 5 rings (SSSR count). The monoisotopic (exact) mass is 472 g/mol. The van der Waals surface area contributed by atoms with E-state index < -0.39 is 12.2 Å². The van der Waals surface area contributed by atoms with Gasteiger partial charge in [-0.3, -0.25) is 24.0 Å². The smallest absolute Gasteiger partial charge is 0.415 e. The highest BCUT2D eigenvalue weighted by molar-refractivity contribution is 7.18. The molecule has 2 atom stereocenters. The highest BCUT2D eigenvalue weighted by Gasteiger charge is 2.45. The minimum atomic E-state index is -0.529. The fourth-order valence-corrected chi connectivity index (χ4v) is 4.83. The first kappa shape index (κ1) is 20.5. The Morgan fingerprint density at radius 3 is 2.94 bits per heavy atom. The van der Waals surface area contributed by atoms with Crippen LogP contribution in [0.3, 0.4) is 0 Å². The third kappa shape index (κ3) is 3.71. The number of halogens is 1. The lowest BCUT2D eigenvalue weighted by atomic mass is 10.1. The maximum absolute atomic E-state index is 12.7. The van der Waals surface area contributed by atoms with E-state index in [0.29, 0.717) is 39.4 Å². The van der Waals surface area contributed by atoms with Gasteiger partial charge in [0.05, 0.1) is 46.0 Å². The molecule has 11 heteroatoms. The van der Waals surface area contributed by atoms with Crippen LogP contribution in [0.25, 0.3) is 5.69 Å². The zero-order valence-electron chi connectivity index (χ0n) is 16.6. The molecule has 164 valence electrons. The van der Waals surface area contributed by atoms with E-state index in [1.54, 1.807) is 41.4 Å². The van der Waals surface area contributed by atoms with Gasteiger partial charge in [-0.15, -0.1) is 11.3 Å². The number of carbonyl (C=O) groups excluding carboxylic acids is 2. The predicted octanol–water partition coefficient (Wildman–Crippen LogP) is 2.85. The van der Waals surface area contributed by atoms with Crippen LogP contribution in [0.15, 0.2) is 53.7 Å². The van der Waals surface area contributed by atoms with Crippen LogP contribution in [0.4, 0.5) is 10.5 Å². The Kier molecular flexibility index (Phi) is 5.32. The van der Waals surface area contributed by atoms with Crippen LogP contribution in [-0.4, -0.2) is 46.8 Å². The fraction of sp³-hybridized carbons (Fsp3) is 0.238. The maximum atomic E-state index is 12.7. The zero-order chi connectivity index (χ0) is 22.2. The minimum Gasteiger partial charge on any atom is -0.491 e. The Morgan fingerprint density at radius 2 is 2.16 bits per heavy atom. The van der Waals surface area contributed by atoms with E-state index in [0.717, 1.165) is 0 Å². The number of rotatable bonds is 4. The molecule has 2 aromatic heterocycles. The zero-order valence-corrected chi connectivity index (χ0v) is 18.1. The standard InChI is InChI=1S/C21H17ClN4O5S/c22-18-4-3-17(32-18)20(28)24-10-16-14-5-8-30-15-9-12(25-7-6-23-11-19(25)27)1-2-13(15)26(14)21(29)31-16/h1-4,6-7,9,11,14,16H,5,8,10H2,(H,24,28)/t14-,16-/m0/s1. The van der Waals surface area contributed by atoms with Crippen molar-refractivity contribution in [1.82, 2.24) is 14.9 Å². The fourth-order valence-electron chi connectivity index (χ4n) is 3.87. The number of nitrogens with one attached hydrogen (secondary N) is 1. The summed E-state index contributed by atoms with van der Waals surface area (Å²) in [5, 5.41) is 2.81. The van der Waals surface area contributed by atoms with Crippen molar-refractivity contribution in [2.75, 3.05) is 18.1 Å². The number of hydrogen-bond acceptors (Lipinski definition) is 7. The van der Waals surface area contributed by atoms with Crippen molar-refractivity contribution in [3.63, 3.8) is 0 Å². The number of anilines is 1. The Bertz CT molecular complexity index is 1260. The van der Waals surface area contributed by atoms with Crippen LogP contribution >= 0.6 is 22.9 Å². The van der Waals surface area contributed by atoms with Gasteiger partial charge in [0.15, 0.2) is 0 Å². The van der Waals surface area contributed by atoms with E-state index in [2.05, 4.69) is 10.3 Å². The molecule has 1 aromatic carbocycles. The molecule has 32 heavy (non-hydrogen) atoms. The molecule has 4 heterocycles. The number of benzene rings is 1. The van der Waals surface area contributed by atoms with Crippen LogP contribution in [0.2, 0.25) is 4.34 Å². The van der Waals surface area contributed by atoms with Crippen LogP contribution in [0.1, 0.15) is 16.1 Å². The average molecular weight is 473 g/mol. The topological polar surface area (TPSA) is 103 Å². The van der Waals surface area contributed by atoms with Crippen molar-refractivity contribution in [1.29, 1.82) is 0 Å². The van der Waals surface area contributed by atoms with Crippen molar-refractivity contribution in [2.45, 2.75) is 18.6 Å². The number of fused-ring (bicyclic) bond motifs is 3. The SMILES string of the molecule is O=C(NC[C@@H]1OC(=O)N2c3ccc(-n4ccncc4=O)cc3OCC[C@@H]12)c1ccc(Cl)s1. The molecule has 2 aliphatic rings. The summed E-state index contributed by atoms with van der Waals surface area (Å²) >= 11 is 7.08. The summed E-state index contributed by atoms with van der Waals surface area (Å²) in [6, 6.07) is 8.18. The van der Waals surface area contributed by atoms with Gasteiger partial charge in [0.2, 0.25) is 0 Å². The second kappa shape index (κ2) is 8.29. The van der Waals surface area contributed by atoms with Crippen molar-refractivity contribution in [3.05, 3.63) is 68.5 Å². The molecule has 0 radical (unpaired) electrons. The molecular formula is C21H17ClN4O5S. The van der Waals surface area contributed by atoms with Crippen LogP contribution in [-0.2, 0) is 4.74 Å². The molecule has 1 fully saturated rings. The first-order valence-corrected chi connectivity index (χ1v) is 11.0. The summed E-state index contributed by atoms with van der Waals surface area (Å²) in [5.74, 6) is 0.206.